The number of rotatable bonds is 4. The molecule has 6 rings (SSSR count). The van der Waals surface area contributed by atoms with Crippen molar-refractivity contribution in [1.29, 1.82) is 0 Å². The first-order valence-corrected chi connectivity index (χ1v) is 12.7. The SMILES string of the molecule is O=C1CC(c2ccccc2)CC(=Nc2ccc3ccccc3c2)/C1=C(\O)Cc1cccc2ccccc12. The highest BCUT2D eigenvalue weighted by molar-refractivity contribution is 6.25. The maximum absolute atomic E-state index is 13.6. The number of aliphatic hydroxyl groups excluding tert-OH is 1. The van der Waals surface area contributed by atoms with Gasteiger partial charge in [-0.3, -0.25) is 9.79 Å². The van der Waals surface area contributed by atoms with Gasteiger partial charge in [0.1, 0.15) is 5.76 Å². The van der Waals surface area contributed by atoms with E-state index in [-0.39, 0.29) is 23.9 Å². The zero-order valence-electron chi connectivity index (χ0n) is 20.5. The maximum atomic E-state index is 13.6. The number of Topliss-reactive ketones (excluding diaryl/α,β-unsaturated/α-hetero) is 1. The van der Waals surface area contributed by atoms with E-state index in [0.717, 1.165) is 38.4 Å². The summed E-state index contributed by atoms with van der Waals surface area (Å²) in [7, 11) is 0. The first-order valence-electron chi connectivity index (χ1n) is 12.7. The molecule has 180 valence electrons. The minimum absolute atomic E-state index is 0.0296. The zero-order valence-corrected chi connectivity index (χ0v) is 20.5. The highest BCUT2D eigenvalue weighted by Gasteiger charge is 2.32. The average Bonchev–Trinajstić information content (AvgIpc) is 2.93. The van der Waals surface area contributed by atoms with Gasteiger partial charge in [0.15, 0.2) is 5.78 Å². The number of carbonyl (C=O) groups is 1. The molecule has 1 saturated carbocycles. The number of hydrogen-bond acceptors (Lipinski definition) is 3. The van der Waals surface area contributed by atoms with Crippen molar-refractivity contribution < 1.29 is 9.90 Å². The van der Waals surface area contributed by atoms with Gasteiger partial charge in [-0.15, -0.1) is 0 Å². The van der Waals surface area contributed by atoms with Gasteiger partial charge in [0, 0.05) is 12.8 Å². The number of nitrogens with zero attached hydrogens (tertiary/aromatic N) is 1. The van der Waals surface area contributed by atoms with Gasteiger partial charge in [-0.25, -0.2) is 0 Å². The summed E-state index contributed by atoms with van der Waals surface area (Å²) >= 11 is 0. The van der Waals surface area contributed by atoms with Crippen LogP contribution in [0.4, 0.5) is 5.69 Å². The highest BCUT2D eigenvalue weighted by atomic mass is 16.3. The van der Waals surface area contributed by atoms with Crippen LogP contribution in [0.5, 0.6) is 0 Å². The van der Waals surface area contributed by atoms with Crippen LogP contribution in [0.15, 0.2) is 132 Å². The summed E-state index contributed by atoms with van der Waals surface area (Å²) in [5, 5.41) is 15.8. The molecule has 1 aliphatic rings. The Morgan fingerprint density at radius 1 is 0.730 bits per heavy atom. The lowest BCUT2D eigenvalue weighted by Crippen LogP contribution is -2.27. The molecule has 37 heavy (non-hydrogen) atoms. The van der Waals surface area contributed by atoms with Crippen LogP contribution < -0.4 is 0 Å². The Hall–Kier alpha value is -4.50. The van der Waals surface area contributed by atoms with Crippen LogP contribution in [0, 0.1) is 0 Å². The van der Waals surface area contributed by atoms with E-state index >= 15 is 0 Å². The molecule has 0 amide bonds. The Bertz CT molecular complexity index is 1680. The molecule has 1 unspecified atom stereocenters. The van der Waals surface area contributed by atoms with E-state index in [2.05, 4.69) is 42.5 Å². The molecular weight excluding hydrogens is 454 g/mol. The van der Waals surface area contributed by atoms with Crippen LogP contribution >= 0.6 is 0 Å². The van der Waals surface area contributed by atoms with Gasteiger partial charge in [-0.1, -0.05) is 103 Å². The summed E-state index contributed by atoms with van der Waals surface area (Å²) in [4.78, 5) is 18.6. The number of hydrogen-bond donors (Lipinski definition) is 1. The molecular formula is C34H27NO2. The number of aliphatic imine (C=N–C) groups is 1. The molecule has 0 saturated heterocycles. The van der Waals surface area contributed by atoms with Crippen LogP contribution in [-0.2, 0) is 11.2 Å². The molecule has 0 spiro atoms. The van der Waals surface area contributed by atoms with Crippen molar-refractivity contribution in [2.45, 2.75) is 25.2 Å². The monoisotopic (exact) mass is 481 g/mol. The normalized spacial score (nSPS) is 18.4. The standard InChI is InChI=1S/C34H27NO2/c36-32(21-27-15-8-14-25-12-6-7-16-30(25)27)34-31(20-28(22-33(34)37)23-9-2-1-3-10-23)35-29-18-17-24-11-4-5-13-26(24)19-29/h1-19,28,36H,20-22H2/b34-32+,35-31?. The van der Waals surface area contributed by atoms with E-state index in [1.807, 2.05) is 72.8 Å². The van der Waals surface area contributed by atoms with Crippen molar-refractivity contribution in [1.82, 2.24) is 0 Å². The maximum Gasteiger partial charge on any atom is 0.168 e. The number of fused-ring (bicyclic) bond motifs is 2. The van der Waals surface area contributed by atoms with E-state index in [1.54, 1.807) is 0 Å². The van der Waals surface area contributed by atoms with Crippen molar-refractivity contribution in [2.75, 3.05) is 0 Å². The summed E-state index contributed by atoms with van der Waals surface area (Å²) in [6.07, 6.45) is 1.24. The summed E-state index contributed by atoms with van der Waals surface area (Å²) < 4.78 is 0. The highest BCUT2D eigenvalue weighted by Crippen LogP contribution is 2.35. The fraction of sp³-hybridized carbons (Fsp3) is 0.118. The second-order valence-electron chi connectivity index (χ2n) is 9.67. The molecule has 0 heterocycles. The fourth-order valence-electron chi connectivity index (χ4n) is 5.40. The van der Waals surface area contributed by atoms with Crippen molar-refractivity contribution >= 4 is 38.7 Å². The van der Waals surface area contributed by atoms with Gasteiger partial charge in [-0.05, 0) is 57.1 Å². The molecule has 3 heteroatoms. The van der Waals surface area contributed by atoms with E-state index in [1.165, 1.54) is 0 Å². The predicted molar refractivity (Wildman–Crippen MR) is 152 cm³/mol. The van der Waals surface area contributed by atoms with E-state index in [0.29, 0.717) is 24.1 Å². The minimum Gasteiger partial charge on any atom is -0.511 e. The van der Waals surface area contributed by atoms with Gasteiger partial charge >= 0.3 is 0 Å². The van der Waals surface area contributed by atoms with Gasteiger partial charge in [0.25, 0.3) is 0 Å². The Labute approximate surface area is 216 Å². The molecule has 0 aromatic heterocycles. The van der Waals surface area contributed by atoms with Crippen LogP contribution in [0.25, 0.3) is 21.5 Å². The summed E-state index contributed by atoms with van der Waals surface area (Å²) in [6, 6.07) is 38.5. The molecule has 0 radical (unpaired) electrons. The van der Waals surface area contributed by atoms with Crippen LogP contribution in [0.3, 0.4) is 0 Å². The molecule has 1 fully saturated rings. The number of ketones is 1. The lowest BCUT2D eigenvalue weighted by Gasteiger charge is -2.26. The Kier molecular flexibility index (Phi) is 6.11. The first-order chi connectivity index (χ1) is 18.2. The molecule has 0 aliphatic heterocycles. The number of benzene rings is 5. The summed E-state index contributed by atoms with van der Waals surface area (Å²) in [6.45, 7) is 0. The third-order valence-corrected chi connectivity index (χ3v) is 7.23. The number of carbonyl (C=O) groups excluding carboxylic acids is 1. The van der Waals surface area contributed by atoms with Gasteiger partial charge in [-0.2, -0.15) is 0 Å². The lowest BCUT2D eigenvalue weighted by molar-refractivity contribution is -0.115. The first kappa shape index (κ1) is 22.9. The van der Waals surface area contributed by atoms with Crippen molar-refractivity contribution in [3.05, 3.63) is 138 Å². The third kappa shape index (κ3) is 4.68. The largest absolute Gasteiger partial charge is 0.511 e. The van der Waals surface area contributed by atoms with Crippen LogP contribution in [-0.4, -0.2) is 16.6 Å². The van der Waals surface area contributed by atoms with Gasteiger partial charge in [0.2, 0.25) is 0 Å². The summed E-state index contributed by atoms with van der Waals surface area (Å²) in [5.41, 5.74) is 3.91. The van der Waals surface area contributed by atoms with Gasteiger partial charge < -0.3 is 5.11 Å². The van der Waals surface area contributed by atoms with E-state index in [4.69, 9.17) is 4.99 Å². The third-order valence-electron chi connectivity index (χ3n) is 7.23. The van der Waals surface area contributed by atoms with Crippen molar-refractivity contribution in [3.63, 3.8) is 0 Å². The molecule has 1 atom stereocenters. The molecule has 3 nitrogen and oxygen atoms in total. The molecule has 5 aromatic carbocycles. The predicted octanol–water partition coefficient (Wildman–Crippen LogP) is 8.27. The summed E-state index contributed by atoms with van der Waals surface area (Å²) in [5.74, 6) is 0.0618. The smallest absolute Gasteiger partial charge is 0.168 e. The quantitative estimate of drug-likeness (QED) is 0.207. The Morgan fingerprint density at radius 2 is 1.43 bits per heavy atom. The van der Waals surface area contributed by atoms with Crippen molar-refractivity contribution in [2.24, 2.45) is 4.99 Å². The molecule has 1 aliphatic carbocycles. The fourth-order valence-corrected chi connectivity index (χ4v) is 5.40. The molecule has 5 aromatic rings. The van der Waals surface area contributed by atoms with Crippen molar-refractivity contribution in [3.8, 4) is 0 Å². The van der Waals surface area contributed by atoms with E-state index < -0.39 is 0 Å². The second-order valence-corrected chi connectivity index (χ2v) is 9.67. The van der Waals surface area contributed by atoms with Gasteiger partial charge in [0.05, 0.1) is 17.0 Å². The number of allylic oxidation sites excluding steroid dienone is 2. The minimum atomic E-state index is -0.0580. The second kappa shape index (κ2) is 9.87. The molecule has 0 bridgehead atoms. The lowest BCUT2D eigenvalue weighted by atomic mass is 9.78. The van der Waals surface area contributed by atoms with Crippen LogP contribution in [0.1, 0.15) is 29.9 Å². The Morgan fingerprint density at radius 3 is 2.27 bits per heavy atom. The number of aliphatic hydroxyl groups is 1. The zero-order chi connectivity index (χ0) is 25.2. The topological polar surface area (TPSA) is 49.7 Å². The van der Waals surface area contributed by atoms with Crippen LogP contribution in [0.2, 0.25) is 0 Å². The average molecular weight is 482 g/mol. The van der Waals surface area contributed by atoms with E-state index in [9.17, 15) is 9.90 Å². The Balaban J connectivity index is 1.44. The molecule has 1 N–H and O–H groups in total.